The van der Waals surface area contributed by atoms with Gasteiger partial charge in [0, 0.05) is 19.6 Å². The highest BCUT2D eigenvalue weighted by atomic mass is 32.2. The summed E-state index contributed by atoms with van der Waals surface area (Å²) in [5.41, 5.74) is 0.756. The highest BCUT2D eigenvalue weighted by Gasteiger charge is 2.26. The molecule has 0 radical (unpaired) electrons. The van der Waals surface area contributed by atoms with Crippen molar-refractivity contribution >= 4 is 20.0 Å². The number of rotatable bonds is 8. The van der Waals surface area contributed by atoms with Crippen molar-refractivity contribution in [3.8, 4) is 5.75 Å². The van der Waals surface area contributed by atoms with E-state index in [1.165, 1.54) is 28.6 Å². The van der Waals surface area contributed by atoms with Crippen LogP contribution in [0.4, 0.5) is 0 Å². The van der Waals surface area contributed by atoms with Gasteiger partial charge in [-0.2, -0.15) is 4.31 Å². The Kier molecular flexibility index (Phi) is 6.91. The third-order valence-electron chi connectivity index (χ3n) is 4.42. The molecule has 0 spiro atoms. The maximum atomic E-state index is 12.6. The Morgan fingerprint density at radius 3 is 2.31 bits per heavy atom. The second-order valence-corrected chi connectivity index (χ2v) is 10.1. The molecule has 0 atom stereocenters. The third-order valence-corrected chi connectivity index (χ3v) is 7.75. The molecule has 3 rings (SSSR count). The van der Waals surface area contributed by atoms with Crippen molar-refractivity contribution in [2.24, 2.45) is 0 Å². The van der Waals surface area contributed by atoms with E-state index in [9.17, 15) is 16.8 Å². The minimum Gasteiger partial charge on any atom is -0.494 e. The molecule has 1 N–H and O–H groups in total. The number of morpholine rings is 1. The lowest BCUT2D eigenvalue weighted by molar-refractivity contribution is 0.0730. The molecule has 29 heavy (non-hydrogen) atoms. The monoisotopic (exact) mass is 440 g/mol. The zero-order valence-electron chi connectivity index (χ0n) is 16.1. The summed E-state index contributed by atoms with van der Waals surface area (Å²) in [6, 6.07) is 12.4. The van der Waals surface area contributed by atoms with Gasteiger partial charge >= 0.3 is 0 Å². The van der Waals surface area contributed by atoms with E-state index in [2.05, 4.69) is 4.72 Å². The van der Waals surface area contributed by atoms with Crippen LogP contribution in [-0.2, 0) is 31.3 Å². The van der Waals surface area contributed by atoms with E-state index in [0.29, 0.717) is 25.6 Å². The van der Waals surface area contributed by atoms with Gasteiger partial charge in [-0.3, -0.25) is 0 Å². The lowest BCUT2D eigenvalue weighted by Crippen LogP contribution is -2.40. The topological polar surface area (TPSA) is 102 Å². The summed E-state index contributed by atoms with van der Waals surface area (Å²) in [5, 5.41) is 0. The van der Waals surface area contributed by atoms with Crippen molar-refractivity contribution in [3.05, 3.63) is 54.1 Å². The summed E-state index contributed by atoms with van der Waals surface area (Å²) in [4.78, 5) is 0.0576. The smallest absolute Gasteiger partial charge is 0.243 e. The fourth-order valence-electron chi connectivity index (χ4n) is 2.90. The van der Waals surface area contributed by atoms with Crippen LogP contribution in [0.5, 0.6) is 5.75 Å². The van der Waals surface area contributed by atoms with E-state index in [1.54, 1.807) is 24.3 Å². The highest BCUT2D eigenvalue weighted by Crippen LogP contribution is 2.20. The van der Waals surface area contributed by atoms with Gasteiger partial charge < -0.3 is 9.47 Å². The number of sulfonamides is 2. The SMILES string of the molecule is CCOc1cccc(CNS(=O)(=O)c2ccc(S(=O)(=O)N3CCOCC3)cc2)c1. The predicted molar refractivity (Wildman–Crippen MR) is 108 cm³/mol. The van der Waals surface area contributed by atoms with Gasteiger partial charge in [0.2, 0.25) is 20.0 Å². The standard InChI is InChI=1S/C19H24N2O6S2/c1-2-27-17-5-3-4-16(14-17)15-20-28(22,23)18-6-8-19(9-7-18)29(24,25)21-10-12-26-13-11-21/h3-9,14,20H,2,10-13,15H2,1H3. The first-order chi connectivity index (χ1) is 13.8. The molecule has 2 aromatic rings. The Bertz CT molecular complexity index is 1030. The van der Waals surface area contributed by atoms with Crippen LogP contribution in [-0.4, -0.2) is 54.1 Å². The van der Waals surface area contributed by atoms with Crippen LogP contribution < -0.4 is 9.46 Å². The zero-order valence-corrected chi connectivity index (χ0v) is 17.7. The lowest BCUT2D eigenvalue weighted by Gasteiger charge is -2.26. The zero-order chi connectivity index (χ0) is 20.9. The fourth-order valence-corrected chi connectivity index (χ4v) is 5.33. The van der Waals surface area contributed by atoms with Crippen molar-refractivity contribution < 1.29 is 26.3 Å². The minimum absolute atomic E-state index is 0.000565. The van der Waals surface area contributed by atoms with Crippen LogP contribution >= 0.6 is 0 Å². The second-order valence-electron chi connectivity index (χ2n) is 6.39. The van der Waals surface area contributed by atoms with Crippen molar-refractivity contribution in [3.63, 3.8) is 0 Å². The van der Waals surface area contributed by atoms with Gasteiger partial charge in [-0.15, -0.1) is 0 Å². The van der Waals surface area contributed by atoms with E-state index in [4.69, 9.17) is 9.47 Å². The average molecular weight is 441 g/mol. The van der Waals surface area contributed by atoms with Crippen molar-refractivity contribution in [1.82, 2.24) is 9.03 Å². The largest absolute Gasteiger partial charge is 0.494 e. The molecule has 8 nitrogen and oxygen atoms in total. The number of benzene rings is 2. The quantitative estimate of drug-likeness (QED) is 0.669. The first-order valence-electron chi connectivity index (χ1n) is 9.22. The number of ether oxygens (including phenoxy) is 2. The summed E-state index contributed by atoms with van der Waals surface area (Å²) in [6.07, 6.45) is 0. The molecule has 10 heteroatoms. The summed E-state index contributed by atoms with van der Waals surface area (Å²) in [6.45, 7) is 3.75. The number of nitrogens with zero attached hydrogens (tertiary/aromatic N) is 1. The normalized spacial score (nSPS) is 15.9. The molecular weight excluding hydrogens is 416 g/mol. The third kappa shape index (κ3) is 5.34. The molecule has 0 amide bonds. The Hall–Kier alpha value is -1.98. The molecule has 0 unspecified atom stereocenters. The van der Waals surface area contributed by atoms with Crippen molar-refractivity contribution in [2.45, 2.75) is 23.3 Å². The van der Waals surface area contributed by atoms with Crippen LogP contribution in [0.3, 0.4) is 0 Å². The molecule has 1 saturated heterocycles. The highest BCUT2D eigenvalue weighted by molar-refractivity contribution is 7.89. The van der Waals surface area contributed by atoms with Gasteiger partial charge in [-0.1, -0.05) is 12.1 Å². The molecule has 1 aliphatic heterocycles. The maximum Gasteiger partial charge on any atom is 0.243 e. The first-order valence-corrected chi connectivity index (χ1v) is 12.1. The van der Waals surface area contributed by atoms with E-state index < -0.39 is 20.0 Å². The van der Waals surface area contributed by atoms with Gasteiger partial charge in [0.25, 0.3) is 0 Å². The van der Waals surface area contributed by atoms with Crippen LogP contribution in [0.2, 0.25) is 0 Å². The first kappa shape index (κ1) is 21.7. The van der Waals surface area contributed by atoms with Gasteiger partial charge in [-0.05, 0) is 48.9 Å². The van der Waals surface area contributed by atoms with E-state index in [0.717, 1.165) is 5.56 Å². The van der Waals surface area contributed by atoms with Crippen LogP contribution in [0.25, 0.3) is 0 Å². The minimum atomic E-state index is -3.79. The summed E-state index contributed by atoms with van der Waals surface area (Å²) < 4.78 is 64.8. The lowest BCUT2D eigenvalue weighted by atomic mass is 10.2. The Balaban J connectivity index is 1.70. The van der Waals surface area contributed by atoms with Gasteiger partial charge in [0.1, 0.15) is 5.75 Å². The van der Waals surface area contributed by atoms with Crippen LogP contribution in [0, 0.1) is 0 Å². The van der Waals surface area contributed by atoms with E-state index >= 15 is 0 Å². The molecule has 1 heterocycles. The molecule has 158 valence electrons. The molecule has 1 fully saturated rings. The number of nitrogens with one attached hydrogen (secondary N) is 1. The summed E-state index contributed by atoms with van der Waals surface area (Å²) >= 11 is 0. The molecular formula is C19H24N2O6S2. The molecule has 0 aliphatic carbocycles. The maximum absolute atomic E-state index is 12.6. The second kappa shape index (κ2) is 9.23. The summed E-state index contributed by atoms with van der Waals surface area (Å²) in [7, 11) is -7.46. The van der Waals surface area contributed by atoms with Crippen LogP contribution in [0.15, 0.2) is 58.3 Å². The van der Waals surface area contributed by atoms with Crippen molar-refractivity contribution in [1.29, 1.82) is 0 Å². The van der Waals surface area contributed by atoms with Gasteiger partial charge in [0.05, 0.1) is 29.6 Å². The number of hydrogen-bond donors (Lipinski definition) is 1. The Labute approximate surface area is 171 Å². The molecule has 0 bridgehead atoms. The Morgan fingerprint density at radius 1 is 1.00 bits per heavy atom. The molecule has 0 saturated carbocycles. The Morgan fingerprint density at radius 2 is 1.66 bits per heavy atom. The van der Waals surface area contributed by atoms with Gasteiger partial charge in [-0.25, -0.2) is 21.6 Å². The fraction of sp³-hybridized carbons (Fsp3) is 0.368. The molecule has 1 aliphatic rings. The number of hydrogen-bond acceptors (Lipinski definition) is 6. The summed E-state index contributed by atoms with van der Waals surface area (Å²) in [5.74, 6) is 0.668. The van der Waals surface area contributed by atoms with Crippen molar-refractivity contribution in [2.75, 3.05) is 32.9 Å². The van der Waals surface area contributed by atoms with Gasteiger partial charge in [0.15, 0.2) is 0 Å². The predicted octanol–water partition coefficient (Wildman–Crippen LogP) is 1.58. The van der Waals surface area contributed by atoms with Crippen LogP contribution in [0.1, 0.15) is 12.5 Å². The molecule has 2 aromatic carbocycles. The van der Waals surface area contributed by atoms with E-state index in [-0.39, 0.29) is 29.4 Å². The molecule has 0 aromatic heterocycles. The van der Waals surface area contributed by atoms with E-state index in [1.807, 2.05) is 6.92 Å². The average Bonchev–Trinajstić information content (AvgIpc) is 2.74.